The first-order chi connectivity index (χ1) is 15.6. The highest BCUT2D eigenvalue weighted by Crippen LogP contribution is 2.35. The third-order valence-electron chi connectivity index (χ3n) is 5.26. The normalized spacial score (nSPS) is 13.8. The molecule has 0 spiro atoms. The van der Waals surface area contributed by atoms with Gasteiger partial charge in [0, 0.05) is 43.8 Å². The van der Waals surface area contributed by atoms with E-state index in [0.29, 0.717) is 30.5 Å². The van der Waals surface area contributed by atoms with Crippen LogP contribution in [0.5, 0.6) is 5.75 Å². The molecule has 1 atom stereocenters. The molecule has 166 valence electrons. The Bertz CT molecular complexity index is 1060. The molecule has 0 radical (unpaired) electrons. The second-order valence-corrected chi connectivity index (χ2v) is 7.42. The summed E-state index contributed by atoms with van der Waals surface area (Å²) in [6.07, 6.45) is 4.16. The summed E-state index contributed by atoms with van der Waals surface area (Å²) in [5.41, 5.74) is 2.18. The van der Waals surface area contributed by atoms with Crippen molar-refractivity contribution in [3.8, 4) is 5.75 Å². The Kier molecular flexibility index (Phi) is 6.54. The molecule has 1 aliphatic heterocycles. The largest absolute Gasteiger partial charge is 0.481 e. The number of imidazole rings is 1. The molecule has 2 aromatic carbocycles. The van der Waals surface area contributed by atoms with Gasteiger partial charge in [0.2, 0.25) is 0 Å². The van der Waals surface area contributed by atoms with Crippen LogP contribution < -0.4 is 20.3 Å². The van der Waals surface area contributed by atoms with Crippen molar-refractivity contribution in [2.24, 2.45) is 0 Å². The van der Waals surface area contributed by atoms with Gasteiger partial charge < -0.3 is 30.4 Å². The number of hydrogen-bond acceptors (Lipinski definition) is 6. The monoisotopic (exact) mass is 435 g/mol. The standard InChI is InChI=1S/C23H25N5O4/c29-21-15-32-20-13-17(27-14-18(22(30)31)16-5-2-1-3-6-16)7-8-19(20)28(21)12-4-9-24-23-25-10-11-26-23/h1-3,5-8,10-11,13,18,27H,4,9,12,14-15H2,(H,30,31)(H2,24,25,26). The molecule has 0 bridgehead atoms. The number of anilines is 3. The van der Waals surface area contributed by atoms with Gasteiger partial charge in [-0.3, -0.25) is 9.59 Å². The first-order valence-corrected chi connectivity index (χ1v) is 10.4. The van der Waals surface area contributed by atoms with Gasteiger partial charge in [-0.05, 0) is 24.1 Å². The molecule has 3 aromatic rings. The first-order valence-electron chi connectivity index (χ1n) is 10.4. The van der Waals surface area contributed by atoms with Gasteiger partial charge in [0.25, 0.3) is 5.91 Å². The van der Waals surface area contributed by atoms with E-state index in [1.165, 1.54) is 0 Å². The summed E-state index contributed by atoms with van der Waals surface area (Å²) < 4.78 is 5.63. The number of carbonyl (C=O) groups is 2. The number of fused-ring (bicyclic) bond motifs is 1. The highest BCUT2D eigenvalue weighted by molar-refractivity contribution is 5.98. The van der Waals surface area contributed by atoms with Crippen molar-refractivity contribution in [3.63, 3.8) is 0 Å². The summed E-state index contributed by atoms with van der Waals surface area (Å²) in [4.78, 5) is 32.9. The number of aromatic amines is 1. The second kappa shape index (κ2) is 9.86. The third-order valence-corrected chi connectivity index (χ3v) is 5.26. The highest BCUT2D eigenvalue weighted by atomic mass is 16.5. The van der Waals surface area contributed by atoms with Crippen molar-refractivity contribution in [2.45, 2.75) is 12.3 Å². The van der Waals surface area contributed by atoms with Gasteiger partial charge in [0.15, 0.2) is 12.6 Å². The molecular formula is C23H25N5O4. The molecule has 9 heteroatoms. The molecule has 1 aromatic heterocycles. The molecule has 0 saturated carbocycles. The Hall–Kier alpha value is -4.01. The summed E-state index contributed by atoms with van der Waals surface area (Å²) in [6.45, 7) is 1.43. The Morgan fingerprint density at radius 2 is 2.06 bits per heavy atom. The van der Waals surface area contributed by atoms with Crippen LogP contribution in [0.25, 0.3) is 0 Å². The minimum Gasteiger partial charge on any atom is -0.481 e. The van der Waals surface area contributed by atoms with E-state index >= 15 is 0 Å². The quantitative estimate of drug-likeness (QED) is 0.362. The fourth-order valence-corrected chi connectivity index (χ4v) is 3.62. The number of nitrogens with zero attached hydrogens (tertiary/aromatic N) is 2. The van der Waals surface area contributed by atoms with E-state index < -0.39 is 11.9 Å². The molecule has 4 rings (SSSR count). The molecule has 1 amide bonds. The van der Waals surface area contributed by atoms with Crippen LogP contribution in [-0.2, 0) is 9.59 Å². The van der Waals surface area contributed by atoms with Gasteiger partial charge in [-0.2, -0.15) is 0 Å². The summed E-state index contributed by atoms with van der Waals surface area (Å²) in [6, 6.07) is 14.6. The fourth-order valence-electron chi connectivity index (χ4n) is 3.62. The Balaban J connectivity index is 1.38. The Morgan fingerprint density at radius 3 is 2.81 bits per heavy atom. The maximum absolute atomic E-state index is 12.4. The van der Waals surface area contributed by atoms with E-state index in [9.17, 15) is 14.7 Å². The third kappa shape index (κ3) is 5.00. The topological polar surface area (TPSA) is 120 Å². The lowest BCUT2D eigenvalue weighted by Gasteiger charge is -2.30. The zero-order valence-electron chi connectivity index (χ0n) is 17.5. The lowest BCUT2D eigenvalue weighted by molar-refractivity contribution is -0.138. The van der Waals surface area contributed by atoms with Crippen molar-refractivity contribution < 1.29 is 19.4 Å². The van der Waals surface area contributed by atoms with Crippen LogP contribution in [0, 0.1) is 0 Å². The average molecular weight is 435 g/mol. The van der Waals surface area contributed by atoms with Crippen LogP contribution in [0.2, 0.25) is 0 Å². The minimum atomic E-state index is -0.891. The maximum Gasteiger partial charge on any atom is 0.312 e. The van der Waals surface area contributed by atoms with Crippen LogP contribution in [0.15, 0.2) is 60.9 Å². The number of nitrogens with one attached hydrogen (secondary N) is 3. The Morgan fingerprint density at radius 1 is 1.22 bits per heavy atom. The van der Waals surface area contributed by atoms with Crippen molar-refractivity contribution >= 4 is 29.2 Å². The van der Waals surface area contributed by atoms with E-state index in [1.807, 2.05) is 30.3 Å². The second-order valence-electron chi connectivity index (χ2n) is 7.42. The SMILES string of the molecule is O=C(O)C(CNc1ccc2c(c1)OCC(=O)N2CCCNc1ncc[nH]1)c1ccccc1. The number of rotatable bonds is 10. The minimum absolute atomic E-state index is 0.0240. The first kappa shape index (κ1) is 21.2. The fraction of sp³-hybridized carbons (Fsp3) is 0.261. The highest BCUT2D eigenvalue weighted by Gasteiger charge is 2.26. The number of carboxylic acids is 1. The summed E-state index contributed by atoms with van der Waals surface area (Å²) in [5.74, 6) is -0.360. The van der Waals surface area contributed by atoms with Gasteiger partial charge in [-0.1, -0.05) is 30.3 Å². The molecule has 32 heavy (non-hydrogen) atoms. The zero-order valence-corrected chi connectivity index (χ0v) is 17.5. The number of hydrogen-bond donors (Lipinski definition) is 4. The predicted octanol–water partition coefficient (Wildman–Crippen LogP) is 2.92. The lowest BCUT2D eigenvalue weighted by atomic mass is 9.99. The zero-order chi connectivity index (χ0) is 22.3. The number of ether oxygens (including phenoxy) is 1. The van der Waals surface area contributed by atoms with Crippen LogP contribution in [0.3, 0.4) is 0 Å². The molecule has 0 saturated heterocycles. The molecule has 0 fully saturated rings. The van der Waals surface area contributed by atoms with E-state index in [0.717, 1.165) is 17.7 Å². The smallest absolute Gasteiger partial charge is 0.312 e. The number of aliphatic carboxylic acids is 1. The van der Waals surface area contributed by atoms with Crippen LogP contribution in [-0.4, -0.2) is 53.2 Å². The number of amides is 1. The molecule has 1 aliphatic rings. The summed E-state index contributed by atoms with van der Waals surface area (Å²) in [7, 11) is 0. The average Bonchev–Trinajstić information content (AvgIpc) is 3.32. The predicted molar refractivity (Wildman–Crippen MR) is 121 cm³/mol. The number of aromatic nitrogens is 2. The van der Waals surface area contributed by atoms with Gasteiger partial charge in [0.1, 0.15) is 5.75 Å². The van der Waals surface area contributed by atoms with Gasteiger partial charge in [-0.25, -0.2) is 4.98 Å². The molecule has 2 heterocycles. The summed E-state index contributed by atoms with van der Waals surface area (Å²) >= 11 is 0. The summed E-state index contributed by atoms with van der Waals surface area (Å²) in [5, 5.41) is 16.0. The van der Waals surface area contributed by atoms with Crippen molar-refractivity contribution in [2.75, 3.05) is 41.8 Å². The molecular weight excluding hydrogens is 410 g/mol. The van der Waals surface area contributed by atoms with E-state index in [2.05, 4.69) is 20.6 Å². The number of benzene rings is 2. The lowest BCUT2D eigenvalue weighted by Crippen LogP contribution is -2.40. The maximum atomic E-state index is 12.4. The van der Waals surface area contributed by atoms with Crippen molar-refractivity contribution in [1.29, 1.82) is 0 Å². The van der Waals surface area contributed by atoms with Crippen LogP contribution >= 0.6 is 0 Å². The molecule has 1 unspecified atom stereocenters. The van der Waals surface area contributed by atoms with E-state index in [-0.39, 0.29) is 19.1 Å². The van der Waals surface area contributed by atoms with Crippen LogP contribution in [0.4, 0.5) is 17.3 Å². The van der Waals surface area contributed by atoms with Crippen molar-refractivity contribution in [3.05, 3.63) is 66.5 Å². The van der Waals surface area contributed by atoms with Crippen molar-refractivity contribution in [1.82, 2.24) is 9.97 Å². The Labute approximate surface area is 185 Å². The number of carboxylic acid groups (broad SMARTS) is 1. The number of carbonyl (C=O) groups excluding carboxylic acids is 1. The van der Waals surface area contributed by atoms with Gasteiger partial charge >= 0.3 is 5.97 Å². The van der Waals surface area contributed by atoms with E-state index in [4.69, 9.17) is 4.74 Å². The van der Waals surface area contributed by atoms with Gasteiger partial charge in [0.05, 0.1) is 11.6 Å². The van der Waals surface area contributed by atoms with E-state index in [1.54, 1.807) is 35.5 Å². The van der Waals surface area contributed by atoms with Crippen LogP contribution in [0.1, 0.15) is 17.9 Å². The molecule has 0 aliphatic carbocycles. The number of H-pyrrole nitrogens is 1. The molecule has 4 N–H and O–H groups in total. The van der Waals surface area contributed by atoms with Gasteiger partial charge in [-0.15, -0.1) is 0 Å². The molecule has 9 nitrogen and oxygen atoms in total.